The van der Waals surface area contributed by atoms with Gasteiger partial charge in [-0.3, -0.25) is 0 Å². The van der Waals surface area contributed by atoms with E-state index in [-0.39, 0.29) is 0 Å². The van der Waals surface area contributed by atoms with E-state index >= 15 is 0 Å². The van der Waals surface area contributed by atoms with Gasteiger partial charge in [0.2, 0.25) is 0 Å². The van der Waals surface area contributed by atoms with Crippen molar-refractivity contribution in [3.8, 4) is 0 Å². The number of halogens is 1. The lowest BCUT2D eigenvalue weighted by atomic mass is 10.3. The van der Waals surface area contributed by atoms with Crippen LogP contribution in [0.4, 0.5) is 0 Å². The van der Waals surface area contributed by atoms with Crippen molar-refractivity contribution in [1.82, 2.24) is 0 Å². The minimum Gasteiger partial charge on any atom is -0.382 e. The van der Waals surface area contributed by atoms with Crippen molar-refractivity contribution in [3.05, 3.63) is 0 Å². The van der Waals surface area contributed by atoms with Crippen LogP contribution in [0.25, 0.3) is 0 Å². The molecule has 0 unspecified atom stereocenters. The summed E-state index contributed by atoms with van der Waals surface area (Å²) in [6, 6.07) is 0. The highest BCUT2D eigenvalue weighted by molar-refractivity contribution is 6.18. The molecule has 0 saturated heterocycles. The molecular weight excluding hydrogens is 248 g/mol. The monoisotopic (exact) mass is 270 g/mol. The topological polar surface area (TPSA) is 36.9 Å². The summed E-state index contributed by atoms with van der Waals surface area (Å²) < 4.78 is 21.3. The first-order valence-electron chi connectivity index (χ1n) is 5.50. The Labute approximate surface area is 106 Å². The van der Waals surface area contributed by atoms with E-state index in [9.17, 15) is 0 Å². The number of ether oxygens (including phenoxy) is 4. The van der Waals surface area contributed by atoms with Crippen LogP contribution >= 0.6 is 11.6 Å². The second kappa shape index (κ2) is 10.5. The molecule has 0 bridgehead atoms. The van der Waals surface area contributed by atoms with Crippen LogP contribution in [0.3, 0.4) is 0 Å². The van der Waals surface area contributed by atoms with Crippen LogP contribution in [-0.2, 0) is 18.9 Å². The Morgan fingerprint density at radius 2 is 1.50 bits per heavy atom. The molecule has 0 amide bonds. The van der Waals surface area contributed by atoms with E-state index < -0.39 is 5.41 Å². The van der Waals surface area contributed by atoms with Crippen LogP contribution in [0.5, 0.6) is 0 Å². The molecule has 0 heterocycles. The van der Waals surface area contributed by atoms with Crippen molar-refractivity contribution in [2.24, 2.45) is 0 Å². The minimum atomic E-state index is -0.452. The quantitative estimate of drug-likeness (QED) is 0.235. The zero-order valence-electron chi connectivity index (χ0n) is 10.5. The van der Waals surface area contributed by atoms with Gasteiger partial charge in [0.25, 0.3) is 0 Å². The van der Waals surface area contributed by atoms with Gasteiger partial charge in [-0.2, -0.15) is 0 Å². The van der Waals surface area contributed by atoms with Gasteiger partial charge in [0.05, 0.1) is 36.7 Å². The fraction of sp³-hybridized carbons (Fsp3) is 1.00. The first-order chi connectivity index (χ1) is 7.68. The van der Waals surface area contributed by atoms with Crippen molar-refractivity contribution in [2.45, 2.75) is 18.3 Å². The predicted molar refractivity (Wildman–Crippen MR) is 68.3 cm³/mol. The summed E-state index contributed by atoms with van der Waals surface area (Å²) in [5, 5.41) is 0. The van der Waals surface area contributed by atoms with Crippen molar-refractivity contribution >= 4 is 21.8 Å². The lowest BCUT2D eigenvalue weighted by molar-refractivity contribution is -0.192. The van der Waals surface area contributed by atoms with E-state index in [1.165, 1.54) is 0 Å². The van der Waals surface area contributed by atoms with Crippen molar-refractivity contribution < 1.29 is 18.9 Å². The average molecular weight is 271 g/mol. The van der Waals surface area contributed by atoms with Crippen molar-refractivity contribution in [1.29, 1.82) is 0 Å². The van der Waals surface area contributed by atoms with Gasteiger partial charge in [-0.15, -0.1) is 11.6 Å². The smallest absolute Gasteiger partial charge is 0.141 e. The first kappa shape index (κ1) is 16.3. The van der Waals surface area contributed by atoms with Crippen LogP contribution in [0.1, 0.15) is 12.8 Å². The summed E-state index contributed by atoms with van der Waals surface area (Å²) in [6.45, 7) is 2.27. The van der Waals surface area contributed by atoms with Gasteiger partial charge in [0.1, 0.15) is 5.41 Å². The van der Waals surface area contributed by atoms with Crippen molar-refractivity contribution in [2.75, 3.05) is 46.5 Å². The van der Waals surface area contributed by atoms with Crippen LogP contribution in [0, 0.1) is 0 Å². The number of hydrogen-bond donors (Lipinski definition) is 0. The zero-order valence-corrected chi connectivity index (χ0v) is 13.2. The largest absolute Gasteiger partial charge is 0.382 e. The van der Waals surface area contributed by atoms with Crippen LogP contribution < -0.4 is 0 Å². The maximum Gasteiger partial charge on any atom is 0.141 e. The molecule has 0 fully saturated rings. The van der Waals surface area contributed by atoms with Crippen LogP contribution in [0.15, 0.2) is 0 Å². The maximum atomic E-state index is 5.72. The van der Waals surface area contributed by atoms with Gasteiger partial charge in [-0.1, -0.05) is 0 Å². The highest BCUT2D eigenvalue weighted by atomic mass is 35.5. The first-order valence-corrected chi connectivity index (χ1v) is 7.03. The number of hydrogen-bond acceptors (Lipinski definition) is 4. The number of methoxy groups -OCH3 is 2. The van der Waals surface area contributed by atoms with Crippen LogP contribution in [-0.4, -0.2) is 62.2 Å². The highest BCUT2D eigenvalue weighted by Crippen LogP contribution is 2.16. The maximum absolute atomic E-state index is 5.72. The highest BCUT2D eigenvalue weighted by Gasteiger charge is 2.24. The van der Waals surface area contributed by atoms with Gasteiger partial charge < -0.3 is 18.9 Å². The third kappa shape index (κ3) is 8.49. The Balaban J connectivity index is 3.91. The molecule has 4 nitrogen and oxygen atoms in total. The third-order valence-electron chi connectivity index (χ3n) is 2.15. The molecule has 0 saturated carbocycles. The summed E-state index contributed by atoms with van der Waals surface area (Å²) in [5.74, 6) is 0.630. The minimum absolute atomic E-state index is 0.452. The Kier molecular flexibility index (Phi) is 10.7. The molecule has 0 aliphatic rings. The molecule has 6 heteroatoms. The summed E-state index contributed by atoms with van der Waals surface area (Å²) in [6.07, 6.45) is 1.72. The van der Waals surface area contributed by atoms with Gasteiger partial charge in [-0.25, -0.2) is 0 Å². The standard InChI is InChI=1S/C10H23ClO4Si/c1-12-6-8-14-10(16,4-3-5-11)15-9-7-13-2/h3-9H2,1-2,16H3. The fourth-order valence-corrected chi connectivity index (χ4v) is 2.15. The van der Waals surface area contributed by atoms with E-state index in [4.69, 9.17) is 30.5 Å². The summed E-state index contributed by atoms with van der Waals surface area (Å²) in [4.78, 5) is 0. The molecule has 0 aliphatic carbocycles. The molecule has 0 radical (unpaired) electrons. The Morgan fingerprint density at radius 1 is 1.00 bits per heavy atom. The van der Waals surface area contributed by atoms with E-state index in [0.29, 0.717) is 32.3 Å². The van der Waals surface area contributed by atoms with E-state index in [1.54, 1.807) is 14.2 Å². The molecule has 98 valence electrons. The van der Waals surface area contributed by atoms with Gasteiger partial charge in [0, 0.05) is 20.1 Å². The second-order valence-corrected chi connectivity index (χ2v) is 5.51. The van der Waals surface area contributed by atoms with E-state index in [0.717, 1.165) is 23.1 Å². The van der Waals surface area contributed by atoms with Gasteiger partial charge in [-0.05, 0) is 12.8 Å². The fourth-order valence-electron chi connectivity index (χ4n) is 1.26. The SMILES string of the molecule is COCCOC([SiH3])(CCCCl)OCCOC. The summed E-state index contributed by atoms with van der Waals surface area (Å²) >= 11 is 5.69. The molecular formula is C10H23ClO4Si. The molecule has 0 spiro atoms. The lowest BCUT2D eigenvalue weighted by Crippen LogP contribution is -2.38. The molecule has 0 aliphatic heterocycles. The number of rotatable bonds is 11. The van der Waals surface area contributed by atoms with E-state index in [2.05, 4.69) is 0 Å². The molecule has 0 rings (SSSR count). The van der Waals surface area contributed by atoms with Crippen molar-refractivity contribution in [3.63, 3.8) is 0 Å². The third-order valence-corrected chi connectivity index (χ3v) is 3.50. The Bertz CT molecular complexity index is 150. The predicted octanol–water partition coefficient (Wildman–Crippen LogP) is 0.351. The number of alkyl halides is 1. The lowest BCUT2D eigenvalue weighted by Gasteiger charge is -2.30. The van der Waals surface area contributed by atoms with E-state index in [1.807, 2.05) is 0 Å². The Morgan fingerprint density at radius 3 is 1.88 bits per heavy atom. The molecule has 0 N–H and O–H groups in total. The average Bonchev–Trinajstić information content (AvgIpc) is 2.27. The molecule has 0 atom stereocenters. The second-order valence-electron chi connectivity index (χ2n) is 3.61. The molecule has 0 aromatic rings. The van der Waals surface area contributed by atoms with Gasteiger partial charge >= 0.3 is 0 Å². The van der Waals surface area contributed by atoms with Gasteiger partial charge in [0.15, 0.2) is 0 Å². The molecule has 0 aromatic carbocycles. The summed E-state index contributed by atoms with van der Waals surface area (Å²) in [7, 11) is 4.11. The summed E-state index contributed by atoms with van der Waals surface area (Å²) in [5.41, 5.74) is -0.452. The molecule has 0 aromatic heterocycles. The van der Waals surface area contributed by atoms with Crippen LogP contribution in [0.2, 0.25) is 0 Å². The normalized spacial score (nSPS) is 12.2. The Hall–Kier alpha value is 0.347. The zero-order chi connectivity index (χ0) is 12.3. The molecule has 16 heavy (non-hydrogen) atoms.